The summed E-state index contributed by atoms with van der Waals surface area (Å²) in [6.45, 7) is 0. The monoisotopic (exact) mass is 296 g/mol. The van der Waals surface area contributed by atoms with Crippen molar-refractivity contribution in [2.75, 3.05) is 0 Å². The van der Waals surface area contributed by atoms with Gasteiger partial charge in [0, 0.05) is 26.1 Å². The van der Waals surface area contributed by atoms with Crippen LogP contribution in [0.15, 0.2) is 53.1 Å². The standard InChI is InChI=1S/C15H9BrN2/c16-10-5-3-7-12-15(10)14-9-4-1-2-6-11(9)17-8-13(14)18-12/h1-8,18H. The number of nitrogens with zero attached hydrogens (tertiary/aromatic N) is 1. The van der Waals surface area contributed by atoms with Crippen molar-refractivity contribution >= 4 is 48.6 Å². The molecule has 0 saturated carbocycles. The Balaban J connectivity index is 2.40. The maximum Gasteiger partial charge on any atom is 0.0709 e. The first kappa shape index (κ1) is 10.1. The number of halogens is 1. The fourth-order valence-corrected chi connectivity index (χ4v) is 3.10. The van der Waals surface area contributed by atoms with E-state index >= 15 is 0 Å². The van der Waals surface area contributed by atoms with Gasteiger partial charge in [-0.05, 0) is 18.2 Å². The molecule has 0 aliphatic carbocycles. The van der Waals surface area contributed by atoms with E-state index in [2.05, 4.69) is 50.2 Å². The number of hydrogen-bond acceptors (Lipinski definition) is 1. The highest BCUT2D eigenvalue weighted by atomic mass is 79.9. The number of para-hydroxylation sites is 1. The Kier molecular flexibility index (Phi) is 2.00. The second-order valence-electron chi connectivity index (χ2n) is 4.35. The normalized spacial score (nSPS) is 11.6. The van der Waals surface area contributed by atoms with Crippen LogP contribution in [0.5, 0.6) is 0 Å². The number of fused-ring (bicyclic) bond motifs is 5. The topological polar surface area (TPSA) is 28.7 Å². The Morgan fingerprint density at radius 1 is 0.889 bits per heavy atom. The molecule has 18 heavy (non-hydrogen) atoms. The molecule has 86 valence electrons. The van der Waals surface area contributed by atoms with Gasteiger partial charge in [-0.25, -0.2) is 0 Å². The third kappa shape index (κ3) is 1.25. The van der Waals surface area contributed by atoms with Gasteiger partial charge in [-0.3, -0.25) is 4.98 Å². The van der Waals surface area contributed by atoms with Gasteiger partial charge in [0.05, 0.1) is 17.2 Å². The van der Waals surface area contributed by atoms with Gasteiger partial charge >= 0.3 is 0 Å². The Hall–Kier alpha value is -1.87. The first-order valence-electron chi connectivity index (χ1n) is 5.78. The summed E-state index contributed by atoms with van der Waals surface area (Å²) in [4.78, 5) is 7.91. The minimum Gasteiger partial charge on any atom is -0.353 e. The molecule has 0 saturated heterocycles. The summed E-state index contributed by atoms with van der Waals surface area (Å²) in [5.74, 6) is 0. The number of nitrogens with one attached hydrogen (secondary N) is 1. The second-order valence-corrected chi connectivity index (χ2v) is 5.21. The second kappa shape index (κ2) is 3.56. The third-order valence-electron chi connectivity index (χ3n) is 3.31. The zero-order valence-electron chi connectivity index (χ0n) is 9.44. The average Bonchev–Trinajstić information content (AvgIpc) is 2.79. The molecular weight excluding hydrogens is 288 g/mol. The zero-order chi connectivity index (χ0) is 12.1. The lowest BCUT2D eigenvalue weighted by Gasteiger charge is -2.00. The largest absolute Gasteiger partial charge is 0.353 e. The molecule has 3 heteroatoms. The number of rotatable bonds is 0. The van der Waals surface area contributed by atoms with E-state index < -0.39 is 0 Å². The Morgan fingerprint density at radius 3 is 2.72 bits per heavy atom. The summed E-state index contributed by atoms with van der Waals surface area (Å²) in [5.41, 5.74) is 3.25. The highest BCUT2D eigenvalue weighted by Gasteiger charge is 2.10. The molecule has 1 N–H and O–H groups in total. The molecule has 0 amide bonds. The van der Waals surface area contributed by atoms with E-state index in [1.165, 1.54) is 16.2 Å². The quantitative estimate of drug-likeness (QED) is 0.503. The van der Waals surface area contributed by atoms with Crippen LogP contribution in [-0.2, 0) is 0 Å². The van der Waals surface area contributed by atoms with Crippen molar-refractivity contribution in [2.24, 2.45) is 0 Å². The molecule has 0 unspecified atom stereocenters. The number of aromatic amines is 1. The number of H-pyrrole nitrogens is 1. The Morgan fingerprint density at radius 2 is 1.78 bits per heavy atom. The molecule has 0 bridgehead atoms. The summed E-state index contributed by atoms with van der Waals surface area (Å²) in [6.07, 6.45) is 1.91. The highest BCUT2D eigenvalue weighted by molar-refractivity contribution is 9.10. The third-order valence-corrected chi connectivity index (χ3v) is 3.97. The van der Waals surface area contributed by atoms with Gasteiger partial charge in [0.25, 0.3) is 0 Å². The maximum absolute atomic E-state index is 4.49. The van der Waals surface area contributed by atoms with E-state index in [0.717, 1.165) is 21.0 Å². The molecule has 0 aliphatic heterocycles. The van der Waals surface area contributed by atoms with E-state index in [-0.39, 0.29) is 0 Å². The predicted octanol–water partition coefficient (Wildman–Crippen LogP) is 4.63. The van der Waals surface area contributed by atoms with Crippen molar-refractivity contribution in [3.63, 3.8) is 0 Å². The summed E-state index contributed by atoms with van der Waals surface area (Å²) in [7, 11) is 0. The molecule has 2 aromatic carbocycles. The summed E-state index contributed by atoms with van der Waals surface area (Å²) < 4.78 is 1.11. The molecule has 4 rings (SSSR count). The van der Waals surface area contributed by atoms with Crippen LogP contribution in [0.3, 0.4) is 0 Å². The van der Waals surface area contributed by atoms with Crippen molar-refractivity contribution in [3.05, 3.63) is 53.1 Å². The molecule has 0 radical (unpaired) electrons. The molecule has 0 aliphatic rings. The van der Waals surface area contributed by atoms with E-state index in [9.17, 15) is 0 Å². The van der Waals surface area contributed by atoms with E-state index in [4.69, 9.17) is 0 Å². The van der Waals surface area contributed by atoms with E-state index in [1.807, 2.05) is 24.4 Å². The molecule has 2 heterocycles. The highest BCUT2D eigenvalue weighted by Crippen LogP contribution is 2.35. The minimum absolute atomic E-state index is 1.03. The first-order valence-corrected chi connectivity index (χ1v) is 6.57. The number of pyridine rings is 1. The van der Waals surface area contributed by atoms with Crippen LogP contribution in [0.25, 0.3) is 32.7 Å². The molecule has 0 atom stereocenters. The SMILES string of the molecule is Brc1cccc2[nH]c3cnc4ccccc4c3c12. The van der Waals surface area contributed by atoms with Crippen LogP contribution in [0, 0.1) is 0 Å². The number of benzene rings is 2. The van der Waals surface area contributed by atoms with Crippen LogP contribution in [0.2, 0.25) is 0 Å². The fraction of sp³-hybridized carbons (Fsp3) is 0. The predicted molar refractivity (Wildman–Crippen MR) is 78.8 cm³/mol. The van der Waals surface area contributed by atoms with Gasteiger partial charge in [-0.1, -0.05) is 40.2 Å². The lowest BCUT2D eigenvalue weighted by Crippen LogP contribution is -1.79. The van der Waals surface area contributed by atoms with Crippen molar-refractivity contribution in [1.82, 2.24) is 9.97 Å². The van der Waals surface area contributed by atoms with Gasteiger partial charge in [0.15, 0.2) is 0 Å². The molecule has 2 aromatic heterocycles. The summed E-state index contributed by atoms with van der Waals surface area (Å²) in [6, 6.07) is 14.4. The van der Waals surface area contributed by atoms with Crippen molar-refractivity contribution in [3.8, 4) is 0 Å². The number of aromatic nitrogens is 2. The Labute approximate surface area is 112 Å². The van der Waals surface area contributed by atoms with Gasteiger partial charge in [-0.15, -0.1) is 0 Å². The molecular formula is C15H9BrN2. The molecule has 0 spiro atoms. The van der Waals surface area contributed by atoms with Crippen molar-refractivity contribution < 1.29 is 0 Å². The van der Waals surface area contributed by atoms with Crippen LogP contribution in [0.1, 0.15) is 0 Å². The van der Waals surface area contributed by atoms with Crippen LogP contribution >= 0.6 is 15.9 Å². The summed E-state index contributed by atoms with van der Waals surface area (Å²) in [5, 5.41) is 3.65. The zero-order valence-corrected chi connectivity index (χ0v) is 11.0. The molecule has 2 nitrogen and oxygen atoms in total. The van der Waals surface area contributed by atoms with Crippen molar-refractivity contribution in [2.45, 2.75) is 0 Å². The smallest absolute Gasteiger partial charge is 0.0709 e. The maximum atomic E-state index is 4.49. The summed E-state index contributed by atoms with van der Waals surface area (Å²) >= 11 is 3.64. The molecule has 4 aromatic rings. The van der Waals surface area contributed by atoms with Gasteiger partial charge in [0.1, 0.15) is 0 Å². The van der Waals surface area contributed by atoms with Crippen molar-refractivity contribution in [1.29, 1.82) is 0 Å². The van der Waals surface area contributed by atoms with E-state index in [1.54, 1.807) is 0 Å². The minimum atomic E-state index is 1.03. The van der Waals surface area contributed by atoms with Gasteiger partial charge in [0.2, 0.25) is 0 Å². The fourth-order valence-electron chi connectivity index (χ4n) is 2.53. The van der Waals surface area contributed by atoms with Gasteiger partial charge in [-0.2, -0.15) is 0 Å². The lowest BCUT2D eigenvalue weighted by molar-refractivity contribution is 1.41. The number of hydrogen-bond donors (Lipinski definition) is 1. The Bertz CT molecular complexity index is 893. The van der Waals surface area contributed by atoms with Crippen LogP contribution < -0.4 is 0 Å². The molecule has 0 fully saturated rings. The van der Waals surface area contributed by atoms with Crippen LogP contribution in [-0.4, -0.2) is 9.97 Å². The van der Waals surface area contributed by atoms with E-state index in [0.29, 0.717) is 0 Å². The lowest BCUT2D eigenvalue weighted by atomic mass is 10.1. The van der Waals surface area contributed by atoms with Crippen LogP contribution in [0.4, 0.5) is 0 Å². The first-order chi connectivity index (χ1) is 8.84. The average molecular weight is 297 g/mol. The van der Waals surface area contributed by atoms with Gasteiger partial charge < -0.3 is 4.98 Å².